The molecule has 1 amide bonds. The summed E-state index contributed by atoms with van der Waals surface area (Å²) in [7, 11) is 1.67. The van der Waals surface area contributed by atoms with Crippen molar-refractivity contribution in [2.75, 3.05) is 33.4 Å². The van der Waals surface area contributed by atoms with E-state index in [2.05, 4.69) is 10.6 Å². The topological polar surface area (TPSA) is 50.4 Å². The van der Waals surface area contributed by atoms with Gasteiger partial charge in [0.05, 0.1) is 12.5 Å². The van der Waals surface area contributed by atoms with Gasteiger partial charge in [0.15, 0.2) is 0 Å². The molecule has 0 saturated heterocycles. The standard InChI is InChI=1S/C14H22N2O2.ClH/c1-12(13-6-4-3-5-7-13)14(17)16-9-8-15-10-11-18-2;/h3-7,12,15H,8-11H2,1-2H3,(H,16,17);1H. The molecule has 0 heterocycles. The number of rotatable bonds is 8. The first-order valence-corrected chi connectivity index (χ1v) is 6.28. The number of benzene rings is 1. The lowest BCUT2D eigenvalue weighted by Crippen LogP contribution is -2.35. The van der Waals surface area contributed by atoms with Crippen LogP contribution in [0.1, 0.15) is 18.4 Å². The van der Waals surface area contributed by atoms with Gasteiger partial charge in [-0.2, -0.15) is 0 Å². The summed E-state index contributed by atoms with van der Waals surface area (Å²) in [6, 6.07) is 9.80. The van der Waals surface area contributed by atoms with Crippen molar-refractivity contribution in [1.82, 2.24) is 10.6 Å². The van der Waals surface area contributed by atoms with Gasteiger partial charge in [-0.05, 0) is 12.5 Å². The molecule has 0 spiro atoms. The molecule has 19 heavy (non-hydrogen) atoms. The average molecular weight is 287 g/mol. The molecule has 1 atom stereocenters. The SMILES string of the molecule is COCCNCCNC(=O)C(C)c1ccccc1.Cl. The number of ether oxygens (including phenoxy) is 1. The number of hydrogen-bond acceptors (Lipinski definition) is 3. The van der Waals surface area contributed by atoms with Crippen LogP contribution in [0.25, 0.3) is 0 Å². The molecule has 4 nitrogen and oxygen atoms in total. The number of carbonyl (C=O) groups is 1. The normalized spacial score (nSPS) is 11.5. The van der Waals surface area contributed by atoms with Gasteiger partial charge < -0.3 is 15.4 Å². The lowest BCUT2D eigenvalue weighted by Gasteiger charge is -2.12. The first-order valence-electron chi connectivity index (χ1n) is 6.28. The Balaban J connectivity index is 0.00000324. The molecule has 0 radical (unpaired) electrons. The molecule has 1 aromatic rings. The van der Waals surface area contributed by atoms with Crippen LogP contribution in [0, 0.1) is 0 Å². The number of methoxy groups -OCH3 is 1. The third kappa shape index (κ3) is 7.15. The largest absolute Gasteiger partial charge is 0.383 e. The van der Waals surface area contributed by atoms with Crippen LogP contribution in [-0.2, 0) is 9.53 Å². The zero-order valence-corrected chi connectivity index (χ0v) is 12.3. The van der Waals surface area contributed by atoms with Crippen LogP contribution in [0.15, 0.2) is 30.3 Å². The second kappa shape index (κ2) is 10.8. The lowest BCUT2D eigenvalue weighted by molar-refractivity contribution is -0.122. The second-order valence-electron chi connectivity index (χ2n) is 4.17. The quantitative estimate of drug-likeness (QED) is 0.713. The van der Waals surface area contributed by atoms with Crippen molar-refractivity contribution in [2.24, 2.45) is 0 Å². The van der Waals surface area contributed by atoms with Gasteiger partial charge in [0.1, 0.15) is 0 Å². The van der Waals surface area contributed by atoms with Crippen LogP contribution < -0.4 is 10.6 Å². The van der Waals surface area contributed by atoms with E-state index >= 15 is 0 Å². The summed E-state index contributed by atoms with van der Waals surface area (Å²) in [5, 5.41) is 6.10. The average Bonchev–Trinajstić information content (AvgIpc) is 2.42. The van der Waals surface area contributed by atoms with Crippen molar-refractivity contribution in [2.45, 2.75) is 12.8 Å². The van der Waals surface area contributed by atoms with Crippen molar-refractivity contribution in [3.05, 3.63) is 35.9 Å². The van der Waals surface area contributed by atoms with Crippen LogP contribution in [0.3, 0.4) is 0 Å². The zero-order valence-electron chi connectivity index (χ0n) is 11.5. The first kappa shape index (κ1) is 17.9. The summed E-state index contributed by atoms with van der Waals surface area (Å²) >= 11 is 0. The molecular weight excluding hydrogens is 264 g/mol. The van der Waals surface area contributed by atoms with E-state index in [1.165, 1.54) is 0 Å². The Hall–Kier alpha value is -1.10. The molecule has 1 unspecified atom stereocenters. The Labute approximate surface area is 121 Å². The highest BCUT2D eigenvalue weighted by atomic mass is 35.5. The van der Waals surface area contributed by atoms with Crippen molar-refractivity contribution in [1.29, 1.82) is 0 Å². The van der Waals surface area contributed by atoms with Gasteiger partial charge in [-0.15, -0.1) is 12.4 Å². The molecule has 1 rings (SSSR count). The molecule has 0 fully saturated rings. The number of hydrogen-bond donors (Lipinski definition) is 2. The molecule has 108 valence electrons. The molecular formula is C14H23ClN2O2. The Bertz CT molecular complexity index is 347. The number of carbonyl (C=O) groups excluding carboxylic acids is 1. The molecule has 0 aliphatic heterocycles. The third-order valence-corrected chi connectivity index (χ3v) is 2.78. The Morgan fingerprint density at radius 1 is 1.21 bits per heavy atom. The van der Waals surface area contributed by atoms with Gasteiger partial charge in [-0.3, -0.25) is 4.79 Å². The van der Waals surface area contributed by atoms with E-state index < -0.39 is 0 Å². The van der Waals surface area contributed by atoms with Crippen molar-refractivity contribution >= 4 is 18.3 Å². The van der Waals surface area contributed by atoms with E-state index in [1.807, 2.05) is 37.3 Å². The van der Waals surface area contributed by atoms with Crippen molar-refractivity contribution in [3.63, 3.8) is 0 Å². The van der Waals surface area contributed by atoms with E-state index in [-0.39, 0.29) is 24.2 Å². The fourth-order valence-corrected chi connectivity index (χ4v) is 1.62. The number of halogens is 1. The monoisotopic (exact) mass is 286 g/mol. The summed E-state index contributed by atoms with van der Waals surface area (Å²) in [5.74, 6) is -0.0417. The predicted molar refractivity (Wildman–Crippen MR) is 79.9 cm³/mol. The highest BCUT2D eigenvalue weighted by Crippen LogP contribution is 2.13. The summed E-state index contributed by atoms with van der Waals surface area (Å²) in [6.07, 6.45) is 0. The summed E-state index contributed by atoms with van der Waals surface area (Å²) in [5.41, 5.74) is 1.04. The Morgan fingerprint density at radius 3 is 2.53 bits per heavy atom. The summed E-state index contributed by atoms with van der Waals surface area (Å²) < 4.78 is 4.92. The maximum atomic E-state index is 11.9. The second-order valence-corrected chi connectivity index (χ2v) is 4.17. The molecule has 5 heteroatoms. The molecule has 0 aliphatic rings. The summed E-state index contributed by atoms with van der Waals surface area (Å²) in [6.45, 7) is 4.81. The number of nitrogens with one attached hydrogen (secondary N) is 2. The maximum absolute atomic E-state index is 11.9. The van der Waals surface area contributed by atoms with E-state index in [1.54, 1.807) is 7.11 Å². The first-order chi connectivity index (χ1) is 8.75. The zero-order chi connectivity index (χ0) is 13.2. The van der Waals surface area contributed by atoms with Crippen LogP contribution in [0.2, 0.25) is 0 Å². The van der Waals surface area contributed by atoms with Gasteiger partial charge >= 0.3 is 0 Å². The van der Waals surface area contributed by atoms with Crippen LogP contribution in [0.4, 0.5) is 0 Å². The molecule has 0 aliphatic carbocycles. The highest BCUT2D eigenvalue weighted by Gasteiger charge is 2.13. The van der Waals surface area contributed by atoms with Crippen LogP contribution >= 0.6 is 12.4 Å². The smallest absolute Gasteiger partial charge is 0.227 e. The maximum Gasteiger partial charge on any atom is 0.227 e. The fraction of sp³-hybridized carbons (Fsp3) is 0.500. The molecule has 2 N–H and O–H groups in total. The molecule has 0 aromatic heterocycles. The minimum absolute atomic E-state index is 0. The Kier molecular flexibility index (Phi) is 10.2. The lowest BCUT2D eigenvalue weighted by atomic mass is 10.0. The minimum Gasteiger partial charge on any atom is -0.383 e. The minimum atomic E-state index is -0.106. The van der Waals surface area contributed by atoms with E-state index in [4.69, 9.17) is 4.74 Å². The van der Waals surface area contributed by atoms with E-state index in [0.29, 0.717) is 13.2 Å². The van der Waals surface area contributed by atoms with Gasteiger partial charge in [0.2, 0.25) is 5.91 Å². The van der Waals surface area contributed by atoms with Crippen molar-refractivity contribution < 1.29 is 9.53 Å². The van der Waals surface area contributed by atoms with E-state index in [9.17, 15) is 4.79 Å². The third-order valence-electron chi connectivity index (χ3n) is 2.78. The molecule has 1 aromatic carbocycles. The van der Waals surface area contributed by atoms with Gasteiger partial charge in [-0.1, -0.05) is 30.3 Å². The van der Waals surface area contributed by atoms with Gasteiger partial charge in [-0.25, -0.2) is 0 Å². The summed E-state index contributed by atoms with van der Waals surface area (Å²) in [4.78, 5) is 11.9. The van der Waals surface area contributed by atoms with Crippen molar-refractivity contribution in [3.8, 4) is 0 Å². The molecule has 0 bridgehead atoms. The van der Waals surface area contributed by atoms with E-state index in [0.717, 1.165) is 18.7 Å². The highest BCUT2D eigenvalue weighted by molar-refractivity contribution is 5.85. The van der Waals surface area contributed by atoms with Gasteiger partial charge in [0, 0.05) is 26.7 Å². The Morgan fingerprint density at radius 2 is 1.89 bits per heavy atom. The number of amides is 1. The fourth-order valence-electron chi connectivity index (χ4n) is 1.62. The van der Waals surface area contributed by atoms with Crippen LogP contribution in [0.5, 0.6) is 0 Å². The predicted octanol–water partition coefficient (Wildman–Crippen LogP) is 1.56. The van der Waals surface area contributed by atoms with Gasteiger partial charge in [0.25, 0.3) is 0 Å². The molecule has 0 saturated carbocycles. The van der Waals surface area contributed by atoms with Crippen LogP contribution in [-0.4, -0.2) is 39.3 Å².